The number of alkyl halides is 2. The van der Waals surface area contributed by atoms with Gasteiger partial charge >= 0.3 is 6.09 Å². The van der Waals surface area contributed by atoms with E-state index in [4.69, 9.17) is 23.2 Å². The van der Waals surface area contributed by atoms with Crippen LogP contribution >= 0.6 is 23.2 Å². The van der Waals surface area contributed by atoms with E-state index in [1.807, 2.05) is 48.5 Å². The molecule has 0 bridgehead atoms. The summed E-state index contributed by atoms with van der Waals surface area (Å²) in [6.45, 7) is 0.0832. The van der Waals surface area contributed by atoms with Crippen LogP contribution in [0.4, 0.5) is 4.79 Å². The van der Waals surface area contributed by atoms with Crippen molar-refractivity contribution in [2.45, 2.75) is 23.8 Å². The first kappa shape index (κ1) is 18.3. The first-order valence-electron chi connectivity index (χ1n) is 7.38. The van der Waals surface area contributed by atoms with Crippen molar-refractivity contribution < 1.29 is 14.7 Å². The number of nitrogens with zero attached hydrogens (tertiary/aromatic N) is 1. The van der Waals surface area contributed by atoms with Crippen molar-refractivity contribution in [3.05, 3.63) is 71.8 Å². The molecule has 0 aliphatic carbocycles. The number of hydrogen-bond acceptors (Lipinski definition) is 2. The molecule has 1 atom stereocenters. The Morgan fingerprint density at radius 2 is 1.42 bits per heavy atom. The Morgan fingerprint density at radius 1 is 0.917 bits per heavy atom. The molecule has 0 saturated carbocycles. The van der Waals surface area contributed by atoms with Crippen molar-refractivity contribution in [1.82, 2.24) is 4.90 Å². The summed E-state index contributed by atoms with van der Waals surface area (Å²) < 4.78 is 0. The molecule has 2 aromatic carbocycles. The summed E-state index contributed by atoms with van der Waals surface area (Å²) in [6.07, 6.45) is -0.975. The van der Waals surface area contributed by atoms with Gasteiger partial charge in [-0.2, -0.15) is 0 Å². The van der Waals surface area contributed by atoms with Crippen molar-refractivity contribution in [3.63, 3.8) is 0 Å². The number of carbonyl (C=O) groups is 2. The number of Topliss-reactive ketones (excluding diaryl/α,β-unsaturated/α-hetero) is 1. The first-order chi connectivity index (χ1) is 11.5. The fourth-order valence-corrected chi connectivity index (χ4v) is 2.73. The lowest BCUT2D eigenvalue weighted by Crippen LogP contribution is -2.47. The van der Waals surface area contributed by atoms with Crippen LogP contribution in [0, 0.1) is 0 Å². The van der Waals surface area contributed by atoms with E-state index in [0.29, 0.717) is 0 Å². The number of ketones is 1. The van der Waals surface area contributed by atoms with E-state index in [-0.39, 0.29) is 13.0 Å². The van der Waals surface area contributed by atoms with Crippen molar-refractivity contribution >= 4 is 35.1 Å². The van der Waals surface area contributed by atoms with Gasteiger partial charge in [0.25, 0.3) is 0 Å². The fourth-order valence-electron chi connectivity index (χ4n) is 2.44. The normalized spacial score (nSPS) is 12.0. The van der Waals surface area contributed by atoms with E-state index >= 15 is 0 Å². The van der Waals surface area contributed by atoms with Gasteiger partial charge in [-0.1, -0.05) is 83.9 Å². The number of amides is 1. The van der Waals surface area contributed by atoms with E-state index in [0.717, 1.165) is 16.0 Å². The SMILES string of the molecule is O=C(C(Cl)Cl)[C@@H](Cc1ccccc1)N(Cc1ccccc1)C(=O)O. The molecule has 0 aromatic heterocycles. The van der Waals surface area contributed by atoms with Crippen LogP contribution in [0.15, 0.2) is 60.7 Å². The van der Waals surface area contributed by atoms with Crippen LogP contribution in [0.5, 0.6) is 0 Å². The van der Waals surface area contributed by atoms with E-state index in [1.165, 1.54) is 0 Å². The van der Waals surface area contributed by atoms with E-state index in [2.05, 4.69) is 0 Å². The monoisotopic (exact) mass is 365 g/mol. The molecule has 126 valence electrons. The van der Waals surface area contributed by atoms with Gasteiger partial charge in [0.1, 0.15) is 6.04 Å². The summed E-state index contributed by atoms with van der Waals surface area (Å²) in [5, 5.41) is 9.60. The average Bonchev–Trinajstić information content (AvgIpc) is 2.59. The summed E-state index contributed by atoms with van der Waals surface area (Å²) in [4.78, 5) is 24.0. The van der Waals surface area contributed by atoms with Gasteiger partial charge in [-0.25, -0.2) is 4.79 Å². The molecule has 4 nitrogen and oxygen atoms in total. The topological polar surface area (TPSA) is 57.6 Å². The molecule has 0 aliphatic heterocycles. The number of hydrogen-bond donors (Lipinski definition) is 1. The molecule has 6 heteroatoms. The average molecular weight is 366 g/mol. The fraction of sp³-hybridized carbons (Fsp3) is 0.222. The standard InChI is InChI=1S/C18H17Cl2NO3/c19-17(20)16(22)15(11-13-7-3-1-4-8-13)21(18(23)24)12-14-9-5-2-6-10-14/h1-10,15,17H,11-12H2,(H,23,24)/t15-/m1/s1. The summed E-state index contributed by atoms with van der Waals surface area (Å²) in [7, 11) is 0. The highest BCUT2D eigenvalue weighted by Gasteiger charge is 2.33. The van der Waals surface area contributed by atoms with Crippen molar-refractivity contribution in [3.8, 4) is 0 Å². The molecule has 0 spiro atoms. The molecule has 2 aromatic rings. The summed E-state index contributed by atoms with van der Waals surface area (Å²) in [6, 6.07) is 17.3. The van der Waals surface area contributed by atoms with Crippen LogP contribution < -0.4 is 0 Å². The third-order valence-electron chi connectivity index (χ3n) is 3.63. The maximum atomic E-state index is 12.4. The summed E-state index contributed by atoms with van der Waals surface area (Å²) in [5.41, 5.74) is 1.62. The van der Waals surface area contributed by atoms with Crippen LogP contribution in [0.25, 0.3) is 0 Å². The lowest BCUT2D eigenvalue weighted by Gasteiger charge is -2.29. The Labute approximate surface area is 150 Å². The minimum absolute atomic E-state index is 0.0832. The van der Waals surface area contributed by atoms with Crippen LogP contribution in [-0.2, 0) is 17.8 Å². The lowest BCUT2D eigenvalue weighted by molar-refractivity contribution is -0.122. The third-order valence-corrected chi connectivity index (χ3v) is 4.06. The molecular weight excluding hydrogens is 349 g/mol. The van der Waals surface area contributed by atoms with Gasteiger partial charge in [-0.05, 0) is 11.1 Å². The Morgan fingerprint density at radius 3 is 1.88 bits per heavy atom. The Balaban J connectivity index is 2.30. The highest BCUT2D eigenvalue weighted by atomic mass is 35.5. The Kier molecular flexibility index (Phi) is 6.64. The second-order valence-corrected chi connectivity index (χ2v) is 6.40. The zero-order valence-corrected chi connectivity index (χ0v) is 14.3. The molecular formula is C18H17Cl2NO3. The Bertz CT molecular complexity index is 677. The number of carbonyl (C=O) groups excluding carboxylic acids is 1. The largest absolute Gasteiger partial charge is 0.465 e. The lowest BCUT2D eigenvalue weighted by atomic mass is 10.0. The molecule has 2 rings (SSSR count). The molecule has 0 heterocycles. The van der Waals surface area contributed by atoms with Crippen LogP contribution in [0.3, 0.4) is 0 Å². The van der Waals surface area contributed by atoms with Gasteiger partial charge < -0.3 is 5.11 Å². The van der Waals surface area contributed by atoms with Gasteiger partial charge in [0, 0.05) is 13.0 Å². The van der Waals surface area contributed by atoms with Gasteiger partial charge in [0.05, 0.1) is 0 Å². The van der Waals surface area contributed by atoms with Crippen LogP contribution in [0.2, 0.25) is 0 Å². The number of benzene rings is 2. The van der Waals surface area contributed by atoms with Gasteiger partial charge in [-0.3, -0.25) is 9.69 Å². The quantitative estimate of drug-likeness (QED) is 0.749. The molecule has 0 radical (unpaired) electrons. The number of carboxylic acid groups (broad SMARTS) is 1. The molecule has 1 amide bonds. The van der Waals surface area contributed by atoms with Gasteiger partial charge in [0.15, 0.2) is 10.6 Å². The third kappa shape index (κ3) is 4.98. The predicted octanol–water partition coefficient (Wildman–Crippen LogP) is 4.15. The van der Waals surface area contributed by atoms with E-state index in [1.54, 1.807) is 12.1 Å². The molecule has 0 saturated heterocycles. The number of rotatable bonds is 7. The molecule has 0 unspecified atom stereocenters. The van der Waals surface area contributed by atoms with Crippen molar-refractivity contribution in [2.75, 3.05) is 0 Å². The van der Waals surface area contributed by atoms with Crippen molar-refractivity contribution in [1.29, 1.82) is 0 Å². The van der Waals surface area contributed by atoms with E-state index < -0.39 is 22.8 Å². The van der Waals surface area contributed by atoms with E-state index in [9.17, 15) is 14.7 Å². The minimum Gasteiger partial charge on any atom is -0.465 e. The van der Waals surface area contributed by atoms with Crippen molar-refractivity contribution in [2.24, 2.45) is 0 Å². The molecule has 0 aliphatic rings. The van der Waals surface area contributed by atoms with Crippen LogP contribution in [-0.4, -0.2) is 32.8 Å². The molecule has 24 heavy (non-hydrogen) atoms. The second-order valence-electron chi connectivity index (χ2n) is 5.30. The second kappa shape index (κ2) is 8.71. The highest BCUT2D eigenvalue weighted by molar-refractivity contribution is 6.54. The summed E-state index contributed by atoms with van der Waals surface area (Å²) >= 11 is 11.5. The maximum absolute atomic E-state index is 12.4. The predicted molar refractivity (Wildman–Crippen MR) is 94.4 cm³/mol. The smallest absolute Gasteiger partial charge is 0.408 e. The minimum atomic E-state index is -1.28. The number of halogens is 2. The van der Waals surface area contributed by atoms with Gasteiger partial charge in [0.2, 0.25) is 0 Å². The molecule has 1 N–H and O–H groups in total. The molecule has 0 fully saturated rings. The Hall–Kier alpha value is -2.04. The van der Waals surface area contributed by atoms with Crippen LogP contribution in [0.1, 0.15) is 11.1 Å². The highest BCUT2D eigenvalue weighted by Crippen LogP contribution is 2.19. The van der Waals surface area contributed by atoms with Gasteiger partial charge in [-0.15, -0.1) is 0 Å². The zero-order chi connectivity index (χ0) is 17.5. The summed E-state index contributed by atoms with van der Waals surface area (Å²) in [5.74, 6) is -0.527. The zero-order valence-electron chi connectivity index (χ0n) is 12.8. The first-order valence-corrected chi connectivity index (χ1v) is 8.25. The maximum Gasteiger partial charge on any atom is 0.408 e.